The van der Waals surface area contributed by atoms with E-state index in [1.54, 1.807) is 30.1 Å². The van der Waals surface area contributed by atoms with Gasteiger partial charge in [-0.3, -0.25) is 4.79 Å². The molecule has 1 fully saturated rings. The molecular weight excluding hydrogens is 366 g/mol. The van der Waals surface area contributed by atoms with E-state index in [1.807, 2.05) is 42.6 Å². The number of nitrogens with one attached hydrogen (secondary N) is 1. The SMILES string of the molecule is COc1cc(C(=O)NCc2ccc(-n3cccn3)cc2)ccc1OC1CCCC1. The van der Waals surface area contributed by atoms with Crippen molar-refractivity contribution in [1.82, 2.24) is 15.1 Å². The molecule has 1 aliphatic rings. The van der Waals surface area contributed by atoms with Gasteiger partial charge in [-0.05, 0) is 67.6 Å². The van der Waals surface area contributed by atoms with Crippen LogP contribution in [-0.4, -0.2) is 28.9 Å². The molecule has 4 rings (SSSR count). The highest BCUT2D eigenvalue weighted by Crippen LogP contribution is 2.32. The lowest BCUT2D eigenvalue weighted by Gasteiger charge is -2.16. The zero-order valence-electron chi connectivity index (χ0n) is 16.5. The first-order chi connectivity index (χ1) is 14.2. The number of ether oxygens (including phenoxy) is 2. The van der Waals surface area contributed by atoms with Crippen molar-refractivity contribution in [2.45, 2.75) is 38.3 Å². The first-order valence-electron chi connectivity index (χ1n) is 9.95. The van der Waals surface area contributed by atoms with Crippen molar-refractivity contribution in [3.8, 4) is 17.2 Å². The van der Waals surface area contributed by atoms with Gasteiger partial charge in [-0.1, -0.05) is 12.1 Å². The Balaban J connectivity index is 1.37. The second kappa shape index (κ2) is 8.82. The number of rotatable bonds is 7. The van der Waals surface area contributed by atoms with E-state index in [-0.39, 0.29) is 12.0 Å². The van der Waals surface area contributed by atoms with Crippen molar-refractivity contribution in [3.05, 3.63) is 72.1 Å². The Morgan fingerprint density at radius 1 is 1.14 bits per heavy atom. The minimum Gasteiger partial charge on any atom is -0.493 e. The third kappa shape index (κ3) is 4.59. The van der Waals surface area contributed by atoms with Crippen LogP contribution in [0.1, 0.15) is 41.6 Å². The number of carbonyl (C=O) groups is 1. The Morgan fingerprint density at radius 2 is 1.93 bits per heavy atom. The average Bonchev–Trinajstić information content (AvgIpc) is 3.47. The van der Waals surface area contributed by atoms with Crippen LogP contribution in [0.5, 0.6) is 11.5 Å². The number of methoxy groups -OCH3 is 1. The fourth-order valence-electron chi connectivity index (χ4n) is 3.56. The molecule has 29 heavy (non-hydrogen) atoms. The number of carbonyl (C=O) groups excluding carboxylic acids is 1. The lowest BCUT2D eigenvalue weighted by molar-refractivity contribution is 0.0950. The summed E-state index contributed by atoms with van der Waals surface area (Å²) in [5.41, 5.74) is 2.55. The van der Waals surface area contributed by atoms with E-state index in [2.05, 4.69) is 10.4 Å². The Morgan fingerprint density at radius 3 is 2.62 bits per heavy atom. The minimum atomic E-state index is -0.146. The van der Waals surface area contributed by atoms with Crippen LogP contribution in [0.4, 0.5) is 0 Å². The van der Waals surface area contributed by atoms with E-state index in [4.69, 9.17) is 9.47 Å². The summed E-state index contributed by atoms with van der Waals surface area (Å²) in [7, 11) is 1.60. The number of hydrogen-bond acceptors (Lipinski definition) is 4. The smallest absolute Gasteiger partial charge is 0.251 e. The van der Waals surface area contributed by atoms with Crippen molar-refractivity contribution in [2.24, 2.45) is 0 Å². The van der Waals surface area contributed by atoms with Crippen molar-refractivity contribution in [3.63, 3.8) is 0 Å². The zero-order valence-corrected chi connectivity index (χ0v) is 16.5. The summed E-state index contributed by atoms with van der Waals surface area (Å²) in [6.07, 6.45) is 8.44. The predicted octanol–water partition coefficient (Wildman–Crippen LogP) is 4.13. The molecule has 0 aliphatic heterocycles. The highest BCUT2D eigenvalue weighted by Gasteiger charge is 2.19. The second-order valence-corrected chi connectivity index (χ2v) is 7.19. The molecule has 1 amide bonds. The summed E-state index contributed by atoms with van der Waals surface area (Å²) in [6.45, 7) is 0.445. The molecule has 150 valence electrons. The van der Waals surface area contributed by atoms with Gasteiger partial charge in [-0.15, -0.1) is 0 Å². The third-order valence-corrected chi connectivity index (χ3v) is 5.18. The lowest BCUT2D eigenvalue weighted by Crippen LogP contribution is -2.23. The maximum atomic E-state index is 12.6. The fourth-order valence-corrected chi connectivity index (χ4v) is 3.56. The maximum absolute atomic E-state index is 12.6. The summed E-state index contributed by atoms with van der Waals surface area (Å²) in [5.74, 6) is 1.14. The molecule has 0 bridgehead atoms. The number of aromatic nitrogens is 2. The number of amides is 1. The van der Waals surface area contributed by atoms with E-state index < -0.39 is 0 Å². The topological polar surface area (TPSA) is 65.4 Å². The summed E-state index contributed by atoms with van der Waals surface area (Å²) >= 11 is 0. The average molecular weight is 391 g/mol. The molecule has 0 atom stereocenters. The van der Waals surface area contributed by atoms with Crippen LogP contribution in [0, 0.1) is 0 Å². The highest BCUT2D eigenvalue weighted by molar-refractivity contribution is 5.94. The zero-order chi connectivity index (χ0) is 20.1. The van der Waals surface area contributed by atoms with Gasteiger partial charge in [0.05, 0.1) is 18.9 Å². The monoisotopic (exact) mass is 391 g/mol. The van der Waals surface area contributed by atoms with Gasteiger partial charge in [0.2, 0.25) is 0 Å². The molecule has 6 nitrogen and oxygen atoms in total. The van der Waals surface area contributed by atoms with Crippen molar-refractivity contribution in [2.75, 3.05) is 7.11 Å². The van der Waals surface area contributed by atoms with Crippen LogP contribution in [-0.2, 0) is 6.54 Å². The molecular formula is C23H25N3O3. The Hall–Kier alpha value is -3.28. The van der Waals surface area contributed by atoms with Crippen LogP contribution in [0.2, 0.25) is 0 Å². The molecule has 0 radical (unpaired) electrons. The summed E-state index contributed by atoms with van der Waals surface area (Å²) in [6, 6.07) is 15.1. The minimum absolute atomic E-state index is 0.146. The Labute approximate surface area is 170 Å². The van der Waals surface area contributed by atoms with Gasteiger partial charge in [-0.2, -0.15) is 5.10 Å². The molecule has 2 aromatic carbocycles. The van der Waals surface area contributed by atoms with Crippen LogP contribution in [0.3, 0.4) is 0 Å². The third-order valence-electron chi connectivity index (χ3n) is 5.18. The second-order valence-electron chi connectivity index (χ2n) is 7.19. The number of nitrogens with zero attached hydrogens (tertiary/aromatic N) is 2. The van der Waals surface area contributed by atoms with Crippen LogP contribution < -0.4 is 14.8 Å². The van der Waals surface area contributed by atoms with Crippen LogP contribution >= 0.6 is 0 Å². The maximum Gasteiger partial charge on any atom is 0.251 e. The lowest BCUT2D eigenvalue weighted by atomic mass is 10.1. The molecule has 0 unspecified atom stereocenters. The van der Waals surface area contributed by atoms with E-state index in [9.17, 15) is 4.79 Å². The van der Waals surface area contributed by atoms with Gasteiger partial charge in [0.25, 0.3) is 5.91 Å². The number of hydrogen-bond donors (Lipinski definition) is 1. The van der Waals surface area contributed by atoms with Crippen molar-refractivity contribution in [1.29, 1.82) is 0 Å². The highest BCUT2D eigenvalue weighted by atomic mass is 16.5. The molecule has 6 heteroatoms. The molecule has 1 aliphatic carbocycles. The largest absolute Gasteiger partial charge is 0.493 e. The van der Waals surface area contributed by atoms with E-state index in [1.165, 1.54) is 12.8 Å². The van der Waals surface area contributed by atoms with Crippen LogP contribution in [0.25, 0.3) is 5.69 Å². The van der Waals surface area contributed by atoms with Crippen LogP contribution in [0.15, 0.2) is 60.9 Å². The molecule has 1 N–H and O–H groups in total. The summed E-state index contributed by atoms with van der Waals surface area (Å²) < 4.78 is 13.3. The van der Waals surface area contributed by atoms with E-state index in [0.717, 1.165) is 24.1 Å². The predicted molar refractivity (Wildman–Crippen MR) is 111 cm³/mol. The standard InChI is InChI=1S/C23H25N3O3/c1-28-22-15-18(9-12-21(22)29-20-5-2-3-6-20)23(27)24-16-17-7-10-19(11-8-17)26-14-4-13-25-26/h4,7-15,20H,2-3,5-6,16H2,1H3,(H,24,27). The van der Waals surface area contributed by atoms with E-state index >= 15 is 0 Å². The van der Waals surface area contributed by atoms with E-state index in [0.29, 0.717) is 23.6 Å². The first kappa shape index (κ1) is 19.1. The summed E-state index contributed by atoms with van der Waals surface area (Å²) in [5, 5.41) is 7.17. The van der Waals surface area contributed by atoms with Gasteiger partial charge in [-0.25, -0.2) is 4.68 Å². The molecule has 1 heterocycles. The quantitative estimate of drug-likeness (QED) is 0.658. The number of benzene rings is 2. The molecule has 0 saturated heterocycles. The molecule has 3 aromatic rings. The van der Waals surface area contributed by atoms with Crippen molar-refractivity contribution >= 4 is 5.91 Å². The molecule has 1 aromatic heterocycles. The first-order valence-corrected chi connectivity index (χ1v) is 9.95. The normalized spacial score (nSPS) is 14.0. The van der Waals surface area contributed by atoms with Gasteiger partial charge in [0.15, 0.2) is 11.5 Å². The van der Waals surface area contributed by atoms with Gasteiger partial charge < -0.3 is 14.8 Å². The fraction of sp³-hybridized carbons (Fsp3) is 0.304. The Kier molecular flexibility index (Phi) is 5.79. The van der Waals surface area contributed by atoms with Gasteiger partial charge in [0.1, 0.15) is 0 Å². The summed E-state index contributed by atoms with van der Waals surface area (Å²) in [4.78, 5) is 12.6. The van der Waals surface area contributed by atoms with Crippen molar-refractivity contribution < 1.29 is 14.3 Å². The van der Waals surface area contributed by atoms with Gasteiger partial charge in [0, 0.05) is 24.5 Å². The molecule has 1 saturated carbocycles. The van der Waals surface area contributed by atoms with Gasteiger partial charge >= 0.3 is 0 Å². The molecule has 0 spiro atoms. The Bertz CT molecular complexity index is 946.